The van der Waals surface area contributed by atoms with Gasteiger partial charge in [0.25, 0.3) is 5.91 Å². The van der Waals surface area contributed by atoms with Crippen LogP contribution in [0.3, 0.4) is 0 Å². The lowest BCUT2D eigenvalue weighted by Crippen LogP contribution is -2.87. The molecule has 0 aliphatic carbocycles. The van der Waals surface area contributed by atoms with E-state index < -0.39 is 0 Å². The van der Waals surface area contributed by atoms with Crippen molar-refractivity contribution in [2.75, 3.05) is 6.54 Å². The van der Waals surface area contributed by atoms with Crippen molar-refractivity contribution in [3.63, 3.8) is 0 Å². The van der Waals surface area contributed by atoms with Gasteiger partial charge in [-0.1, -0.05) is 60.7 Å². The second kappa shape index (κ2) is 7.90. The molecule has 0 saturated carbocycles. The highest BCUT2D eigenvalue weighted by Crippen LogP contribution is 2.21. The summed E-state index contributed by atoms with van der Waals surface area (Å²) in [4.78, 5) is 12.1. The van der Waals surface area contributed by atoms with E-state index in [2.05, 4.69) is 36.5 Å². The van der Waals surface area contributed by atoms with Crippen LogP contribution >= 0.6 is 0 Å². The molecule has 0 bridgehead atoms. The number of amides is 1. The lowest BCUT2D eigenvalue weighted by atomic mass is 10.00. The molecule has 0 aromatic heterocycles. The summed E-state index contributed by atoms with van der Waals surface area (Å²) < 4.78 is 13.6. The minimum Gasteiger partial charge on any atom is -0.347 e. The molecule has 0 radical (unpaired) electrons. The Hall–Kier alpha value is -2.72. The Morgan fingerprint density at radius 1 is 1.04 bits per heavy atom. The molecule has 25 heavy (non-hydrogen) atoms. The maximum atomic E-state index is 13.6. The lowest BCUT2D eigenvalue weighted by molar-refractivity contribution is -0.682. The molecule has 0 unspecified atom stereocenters. The van der Waals surface area contributed by atoms with Crippen molar-refractivity contribution >= 4 is 16.7 Å². The van der Waals surface area contributed by atoms with Gasteiger partial charge in [0, 0.05) is 17.7 Å². The van der Waals surface area contributed by atoms with Crippen molar-refractivity contribution in [2.45, 2.75) is 19.5 Å². The van der Waals surface area contributed by atoms with E-state index in [1.54, 1.807) is 18.2 Å². The topological polar surface area (TPSA) is 45.7 Å². The Morgan fingerprint density at radius 2 is 1.76 bits per heavy atom. The third-order valence-electron chi connectivity index (χ3n) is 4.40. The molecule has 0 heterocycles. The van der Waals surface area contributed by atoms with Gasteiger partial charge in [-0.3, -0.25) is 4.79 Å². The first kappa shape index (κ1) is 17.1. The van der Waals surface area contributed by atoms with Gasteiger partial charge >= 0.3 is 0 Å². The van der Waals surface area contributed by atoms with E-state index in [9.17, 15) is 9.18 Å². The van der Waals surface area contributed by atoms with Crippen molar-refractivity contribution < 1.29 is 14.5 Å². The Balaban J connectivity index is 1.57. The fourth-order valence-corrected chi connectivity index (χ4v) is 2.97. The quantitative estimate of drug-likeness (QED) is 0.714. The summed E-state index contributed by atoms with van der Waals surface area (Å²) in [5.74, 6) is -0.397. The number of hydrogen-bond acceptors (Lipinski definition) is 1. The number of nitrogens with one attached hydrogen (secondary N) is 1. The van der Waals surface area contributed by atoms with Gasteiger partial charge in [0.15, 0.2) is 6.54 Å². The van der Waals surface area contributed by atoms with Gasteiger partial charge in [0.2, 0.25) is 0 Å². The van der Waals surface area contributed by atoms with E-state index in [1.807, 2.05) is 23.5 Å². The second-order valence-electron chi connectivity index (χ2n) is 6.17. The predicted molar refractivity (Wildman–Crippen MR) is 97.4 cm³/mol. The second-order valence-corrected chi connectivity index (χ2v) is 6.17. The van der Waals surface area contributed by atoms with Crippen molar-refractivity contribution in [3.05, 3.63) is 83.7 Å². The van der Waals surface area contributed by atoms with Crippen LogP contribution in [0.5, 0.6) is 0 Å². The number of quaternary nitrogens is 1. The van der Waals surface area contributed by atoms with Crippen molar-refractivity contribution in [2.24, 2.45) is 0 Å². The molecule has 3 rings (SSSR count). The van der Waals surface area contributed by atoms with Crippen LogP contribution in [-0.2, 0) is 11.3 Å². The maximum absolute atomic E-state index is 13.6. The van der Waals surface area contributed by atoms with Crippen LogP contribution in [0.4, 0.5) is 4.39 Å². The minimum atomic E-state index is -0.295. The Morgan fingerprint density at radius 3 is 2.60 bits per heavy atom. The third kappa shape index (κ3) is 4.22. The van der Waals surface area contributed by atoms with Crippen molar-refractivity contribution in [1.29, 1.82) is 0 Å². The van der Waals surface area contributed by atoms with Crippen molar-refractivity contribution in [3.8, 4) is 0 Å². The van der Waals surface area contributed by atoms with Gasteiger partial charge in [-0.25, -0.2) is 4.39 Å². The average molecular weight is 337 g/mol. The molecule has 0 saturated heterocycles. The highest BCUT2D eigenvalue weighted by molar-refractivity contribution is 5.85. The summed E-state index contributed by atoms with van der Waals surface area (Å²) in [6.07, 6.45) is 0. The summed E-state index contributed by atoms with van der Waals surface area (Å²) in [7, 11) is 0. The molecule has 1 amide bonds. The summed E-state index contributed by atoms with van der Waals surface area (Å²) >= 11 is 0. The minimum absolute atomic E-state index is 0.102. The zero-order valence-corrected chi connectivity index (χ0v) is 14.2. The summed E-state index contributed by atoms with van der Waals surface area (Å²) in [6, 6.07) is 21.1. The summed E-state index contributed by atoms with van der Waals surface area (Å²) in [6.45, 7) is 2.60. The highest BCUT2D eigenvalue weighted by Gasteiger charge is 2.14. The maximum Gasteiger partial charge on any atom is 0.275 e. The van der Waals surface area contributed by atoms with E-state index in [-0.39, 0.29) is 24.3 Å². The predicted octanol–water partition coefficient (Wildman–Crippen LogP) is 2.92. The molecule has 128 valence electrons. The van der Waals surface area contributed by atoms with Gasteiger partial charge in [-0.05, 0) is 23.8 Å². The van der Waals surface area contributed by atoms with E-state index >= 15 is 0 Å². The van der Waals surface area contributed by atoms with E-state index in [1.165, 1.54) is 22.4 Å². The fraction of sp³-hybridized carbons (Fsp3) is 0.190. The molecule has 0 aliphatic rings. The van der Waals surface area contributed by atoms with Crippen LogP contribution in [0.1, 0.15) is 24.1 Å². The average Bonchev–Trinajstić information content (AvgIpc) is 2.65. The summed E-state index contributed by atoms with van der Waals surface area (Å²) in [5.41, 5.74) is 1.71. The molecule has 1 atom stereocenters. The van der Waals surface area contributed by atoms with Crippen LogP contribution in [0.25, 0.3) is 10.8 Å². The zero-order valence-electron chi connectivity index (χ0n) is 14.2. The normalized spacial score (nSPS) is 12.1. The largest absolute Gasteiger partial charge is 0.347 e. The van der Waals surface area contributed by atoms with Gasteiger partial charge in [0.1, 0.15) is 11.9 Å². The van der Waals surface area contributed by atoms with Gasteiger partial charge in [0.05, 0.1) is 0 Å². The summed E-state index contributed by atoms with van der Waals surface area (Å²) in [5, 5.41) is 7.18. The van der Waals surface area contributed by atoms with Crippen LogP contribution in [-0.4, -0.2) is 12.5 Å². The first-order valence-corrected chi connectivity index (χ1v) is 8.46. The van der Waals surface area contributed by atoms with Gasteiger partial charge in [-0.15, -0.1) is 0 Å². The number of carbonyl (C=O) groups is 1. The first-order chi connectivity index (χ1) is 12.1. The number of hydrogen-bond donors (Lipinski definition) is 2. The Kier molecular flexibility index (Phi) is 5.41. The Labute approximate surface area is 146 Å². The lowest BCUT2D eigenvalue weighted by Gasteiger charge is -2.14. The molecule has 4 heteroatoms. The monoisotopic (exact) mass is 337 g/mol. The SMILES string of the molecule is C[C@@H]([NH2+]CC(=O)NCc1ccccc1F)c1cccc2ccccc12. The molecule has 3 aromatic carbocycles. The van der Waals surface area contributed by atoms with Gasteiger partial charge in [-0.2, -0.15) is 0 Å². The van der Waals surface area contributed by atoms with Crippen LogP contribution in [0, 0.1) is 5.82 Å². The molecule has 0 fully saturated rings. The number of benzene rings is 3. The van der Waals surface area contributed by atoms with E-state index in [4.69, 9.17) is 0 Å². The number of carbonyl (C=O) groups excluding carboxylic acids is 1. The molecular formula is C21H22FN2O+. The number of halogens is 1. The molecule has 0 aliphatic heterocycles. The van der Waals surface area contributed by atoms with Crippen molar-refractivity contribution in [1.82, 2.24) is 5.32 Å². The van der Waals surface area contributed by atoms with Gasteiger partial charge < -0.3 is 10.6 Å². The van der Waals surface area contributed by atoms with Crippen LogP contribution in [0.2, 0.25) is 0 Å². The van der Waals surface area contributed by atoms with E-state index in [0.717, 1.165) is 0 Å². The number of nitrogens with two attached hydrogens (primary N) is 1. The molecule has 3 aromatic rings. The smallest absolute Gasteiger partial charge is 0.275 e. The zero-order chi connectivity index (χ0) is 17.6. The number of rotatable bonds is 6. The third-order valence-corrected chi connectivity index (χ3v) is 4.40. The fourth-order valence-electron chi connectivity index (χ4n) is 2.97. The molecule has 3 nitrogen and oxygen atoms in total. The Bertz CT molecular complexity index is 873. The molecule has 3 N–H and O–H groups in total. The first-order valence-electron chi connectivity index (χ1n) is 8.46. The van der Waals surface area contributed by atoms with Crippen LogP contribution < -0.4 is 10.6 Å². The van der Waals surface area contributed by atoms with E-state index in [0.29, 0.717) is 12.1 Å². The standard InChI is InChI=1S/C21H21FN2O/c1-15(18-11-6-9-16-7-2-4-10-19(16)18)23-14-21(25)24-13-17-8-3-5-12-20(17)22/h2-12,15,23H,13-14H2,1H3,(H,24,25)/p+1/t15-/m1/s1. The highest BCUT2D eigenvalue weighted by atomic mass is 19.1. The van der Waals surface area contributed by atoms with Crippen LogP contribution in [0.15, 0.2) is 66.7 Å². The molecule has 0 spiro atoms. The number of fused-ring (bicyclic) bond motifs is 1. The molecular weight excluding hydrogens is 315 g/mol.